The molecule has 4 nitrogen and oxygen atoms in total. The van der Waals surface area contributed by atoms with E-state index in [9.17, 15) is 0 Å². The van der Waals surface area contributed by atoms with Crippen LogP contribution in [0, 0.1) is 17.8 Å². The second kappa shape index (κ2) is 8.08. The molecule has 152 valence electrons. The molecule has 0 aromatic heterocycles. The topological polar surface area (TPSA) is 19.0 Å². The van der Waals surface area contributed by atoms with Crippen molar-refractivity contribution in [2.45, 2.75) is 31.7 Å². The van der Waals surface area contributed by atoms with Crippen molar-refractivity contribution in [1.82, 2.24) is 9.80 Å². The number of fused-ring (bicyclic) bond motifs is 2. The molecule has 3 atom stereocenters. The van der Waals surface area contributed by atoms with E-state index < -0.39 is 0 Å². The van der Waals surface area contributed by atoms with Crippen molar-refractivity contribution in [3.63, 3.8) is 0 Å². The molecule has 0 radical (unpaired) electrons. The third-order valence-electron chi connectivity index (χ3n) is 7.72. The smallest absolute Gasteiger partial charge is 0.142 e. The summed E-state index contributed by atoms with van der Waals surface area (Å²) in [5, 5.41) is 0. The van der Waals surface area contributed by atoms with Gasteiger partial charge in [0.05, 0.1) is 12.8 Å². The molecule has 4 heteroatoms. The zero-order valence-corrected chi connectivity index (χ0v) is 17.3. The highest BCUT2D eigenvalue weighted by Crippen LogP contribution is 2.43. The minimum Gasteiger partial charge on any atom is -0.495 e. The van der Waals surface area contributed by atoms with Crippen LogP contribution in [-0.2, 0) is 0 Å². The minimum absolute atomic E-state index is 0.788. The van der Waals surface area contributed by atoms with Gasteiger partial charge in [-0.2, -0.15) is 0 Å². The minimum atomic E-state index is 0.788. The maximum atomic E-state index is 5.56. The van der Waals surface area contributed by atoms with Gasteiger partial charge in [0.15, 0.2) is 0 Å². The average molecular weight is 382 g/mol. The van der Waals surface area contributed by atoms with Crippen LogP contribution in [0.5, 0.6) is 5.75 Å². The van der Waals surface area contributed by atoms with E-state index in [1.807, 2.05) is 0 Å². The summed E-state index contributed by atoms with van der Waals surface area (Å²) in [5.74, 6) is 3.74. The van der Waals surface area contributed by atoms with Crippen molar-refractivity contribution in [3.8, 4) is 5.75 Å². The van der Waals surface area contributed by atoms with Gasteiger partial charge in [0.25, 0.3) is 0 Å². The van der Waals surface area contributed by atoms with Gasteiger partial charge in [-0.05, 0) is 68.7 Å². The van der Waals surface area contributed by atoms with Crippen LogP contribution in [0.4, 0.5) is 5.69 Å². The molecule has 28 heavy (non-hydrogen) atoms. The van der Waals surface area contributed by atoms with Crippen molar-refractivity contribution in [2.24, 2.45) is 17.8 Å². The Morgan fingerprint density at radius 2 is 1.71 bits per heavy atom. The van der Waals surface area contributed by atoms with Gasteiger partial charge in [-0.15, -0.1) is 0 Å². The predicted molar refractivity (Wildman–Crippen MR) is 115 cm³/mol. The van der Waals surface area contributed by atoms with E-state index in [0.29, 0.717) is 0 Å². The maximum absolute atomic E-state index is 5.56. The Balaban J connectivity index is 1.09. The molecule has 0 N–H and O–H groups in total. The molecular formula is C24H35N3O. The summed E-state index contributed by atoms with van der Waals surface area (Å²) in [6, 6.07) is 9.22. The predicted octanol–water partition coefficient (Wildman–Crippen LogP) is 3.49. The number of nitrogens with zero attached hydrogens (tertiary/aromatic N) is 3. The number of allylic oxidation sites excluding steroid dienone is 2. The number of hydrogen-bond donors (Lipinski definition) is 0. The Morgan fingerprint density at radius 1 is 0.929 bits per heavy atom. The Kier molecular flexibility index (Phi) is 5.34. The second-order valence-corrected chi connectivity index (χ2v) is 9.27. The summed E-state index contributed by atoms with van der Waals surface area (Å²) in [5.41, 5.74) is 1.25. The van der Waals surface area contributed by atoms with Gasteiger partial charge in [0, 0.05) is 38.8 Å². The Bertz CT molecular complexity index is 689. The molecular weight excluding hydrogens is 346 g/mol. The van der Waals surface area contributed by atoms with E-state index in [1.54, 1.807) is 7.11 Å². The lowest BCUT2D eigenvalue weighted by Crippen LogP contribution is -2.53. The van der Waals surface area contributed by atoms with Crippen LogP contribution in [-0.4, -0.2) is 68.8 Å². The molecule has 2 aliphatic heterocycles. The number of piperidine rings is 1. The summed E-state index contributed by atoms with van der Waals surface area (Å²) in [4.78, 5) is 8.01. The fourth-order valence-corrected chi connectivity index (χ4v) is 6.12. The number of likely N-dealkylation sites (tertiary alicyclic amines) is 1. The van der Waals surface area contributed by atoms with Crippen LogP contribution in [0.25, 0.3) is 0 Å². The van der Waals surface area contributed by atoms with Crippen LogP contribution in [0.15, 0.2) is 36.4 Å². The van der Waals surface area contributed by atoms with E-state index in [-0.39, 0.29) is 0 Å². The summed E-state index contributed by atoms with van der Waals surface area (Å²) in [6.07, 6.45) is 10.6. The molecule has 2 heterocycles. The number of rotatable bonds is 5. The van der Waals surface area contributed by atoms with Crippen LogP contribution in [0.3, 0.4) is 0 Å². The van der Waals surface area contributed by atoms with Gasteiger partial charge in [0.1, 0.15) is 5.75 Å². The number of benzene rings is 1. The number of anilines is 1. The lowest BCUT2D eigenvalue weighted by Gasteiger charge is -2.44. The van der Waals surface area contributed by atoms with E-state index in [2.05, 4.69) is 51.1 Å². The molecule has 0 unspecified atom stereocenters. The molecule has 2 saturated heterocycles. The molecule has 0 amide bonds. The Morgan fingerprint density at radius 3 is 2.39 bits per heavy atom. The Labute approximate surface area is 170 Å². The van der Waals surface area contributed by atoms with E-state index in [0.717, 1.165) is 42.6 Å². The van der Waals surface area contributed by atoms with Crippen LogP contribution in [0.1, 0.15) is 25.7 Å². The van der Waals surface area contributed by atoms with E-state index in [1.165, 1.54) is 64.1 Å². The first kappa shape index (κ1) is 18.5. The lowest BCUT2D eigenvalue weighted by atomic mass is 9.92. The highest BCUT2D eigenvalue weighted by molar-refractivity contribution is 5.58. The molecule has 4 aliphatic rings. The van der Waals surface area contributed by atoms with Crippen LogP contribution >= 0.6 is 0 Å². The fourth-order valence-electron chi connectivity index (χ4n) is 6.12. The van der Waals surface area contributed by atoms with Gasteiger partial charge >= 0.3 is 0 Å². The summed E-state index contributed by atoms with van der Waals surface area (Å²) in [7, 11) is 1.77. The summed E-state index contributed by atoms with van der Waals surface area (Å²) >= 11 is 0. The van der Waals surface area contributed by atoms with Crippen molar-refractivity contribution >= 4 is 5.69 Å². The summed E-state index contributed by atoms with van der Waals surface area (Å²) < 4.78 is 5.56. The average Bonchev–Trinajstić information content (AvgIpc) is 3.38. The number of ether oxygens (including phenoxy) is 1. The lowest BCUT2D eigenvalue weighted by molar-refractivity contribution is 0.0918. The molecule has 5 rings (SSSR count). The Hall–Kier alpha value is -1.52. The molecule has 2 bridgehead atoms. The zero-order chi connectivity index (χ0) is 18.9. The molecule has 1 aromatic carbocycles. The molecule has 1 aromatic rings. The molecule has 1 saturated carbocycles. The van der Waals surface area contributed by atoms with E-state index in [4.69, 9.17) is 4.74 Å². The first-order chi connectivity index (χ1) is 13.8. The number of para-hydroxylation sites is 2. The standard InChI is InChI=1S/C24H35N3O/c1-28-24-5-3-2-4-23(24)27-14-12-26(13-15-27)22-8-10-25(11-9-22)18-21-17-19-6-7-20(21)16-19/h2-7,19-22H,8-18H2,1H3/t19-,20-,21+/m0/s1. The van der Waals surface area contributed by atoms with Crippen molar-refractivity contribution in [2.75, 3.05) is 57.8 Å². The quantitative estimate of drug-likeness (QED) is 0.727. The zero-order valence-electron chi connectivity index (χ0n) is 17.3. The van der Waals surface area contributed by atoms with Gasteiger partial charge in [-0.25, -0.2) is 0 Å². The number of hydrogen-bond acceptors (Lipinski definition) is 4. The normalized spacial score (nSPS) is 31.6. The second-order valence-electron chi connectivity index (χ2n) is 9.27. The van der Waals surface area contributed by atoms with Gasteiger partial charge < -0.3 is 14.5 Å². The first-order valence-electron chi connectivity index (χ1n) is 11.3. The van der Waals surface area contributed by atoms with Gasteiger partial charge in [0.2, 0.25) is 0 Å². The first-order valence-corrected chi connectivity index (χ1v) is 11.3. The summed E-state index contributed by atoms with van der Waals surface area (Å²) in [6.45, 7) is 8.53. The molecule has 3 fully saturated rings. The van der Waals surface area contributed by atoms with Gasteiger partial charge in [-0.3, -0.25) is 4.90 Å². The van der Waals surface area contributed by atoms with Gasteiger partial charge in [-0.1, -0.05) is 24.3 Å². The highest BCUT2D eigenvalue weighted by atomic mass is 16.5. The third kappa shape index (κ3) is 3.69. The largest absolute Gasteiger partial charge is 0.495 e. The molecule has 0 spiro atoms. The van der Waals surface area contributed by atoms with Crippen molar-refractivity contribution in [3.05, 3.63) is 36.4 Å². The van der Waals surface area contributed by atoms with Crippen molar-refractivity contribution < 1.29 is 4.74 Å². The third-order valence-corrected chi connectivity index (χ3v) is 7.72. The monoisotopic (exact) mass is 381 g/mol. The maximum Gasteiger partial charge on any atom is 0.142 e. The highest BCUT2D eigenvalue weighted by Gasteiger charge is 2.37. The number of piperazine rings is 1. The SMILES string of the molecule is COc1ccccc1N1CCN(C2CCN(C[C@H]3C[C@H]4C=C[C@H]3C4)CC2)CC1. The van der Waals surface area contributed by atoms with Crippen LogP contribution in [0.2, 0.25) is 0 Å². The fraction of sp³-hybridized carbons (Fsp3) is 0.667. The molecule has 2 aliphatic carbocycles. The van der Waals surface area contributed by atoms with Crippen LogP contribution < -0.4 is 9.64 Å². The number of methoxy groups -OCH3 is 1. The van der Waals surface area contributed by atoms with E-state index >= 15 is 0 Å². The van der Waals surface area contributed by atoms with Crippen molar-refractivity contribution in [1.29, 1.82) is 0 Å².